The Bertz CT molecular complexity index is 161. The lowest BCUT2D eigenvalue weighted by atomic mass is 10.4. The minimum Gasteiger partial charge on any atom is -0.480 e. The lowest BCUT2D eigenvalue weighted by molar-refractivity contribution is -0.137. The molecule has 0 saturated carbocycles. The molecule has 0 aliphatic carbocycles. The van der Waals surface area contributed by atoms with Crippen LogP contribution in [0.1, 0.15) is 0 Å². The third kappa shape index (κ3) is 4.88. The van der Waals surface area contributed by atoms with Crippen molar-refractivity contribution in [2.45, 2.75) is 6.04 Å². The van der Waals surface area contributed by atoms with Crippen LogP contribution < -0.4 is 5.73 Å². The summed E-state index contributed by atoms with van der Waals surface area (Å²) in [5, 5.41) is 16.6. The Labute approximate surface area is 66.7 Å². The number of hydrogen-bond donors (Lipinski definition) is 3. The van der Waals surface area contributed by atoms with Gasteiger partial charge >= 0.3 is 5.97 Å². The third-order valence-electron chi connectivity index (χ3n) is 1.00. The zero-order chi connectivity index (χ0) is 8.85. The van der Waals surface area contributed by atoms with Gasteiger partial charge in [0.05, 0.1) is 6.61 Å². The maximum absolute atomic E-state index is 10.8. The highest BCUT2D eigenvalue weighted by Gasteiger charge is 2.14. The van der Waals surface area contributed by atoms with Crippen LogP contribution in [0.4, 0.5) is 0 Å². The van der Waals surface area contributed by atoms with Crippen LogP contribution in [-0.4, -0.2) is 44.5 Å². The number of aliphatic hydroxyl groups is 1. The predicted molar refractivity (Wildman–Crippen MR) is 40.6 cm³/mol. The van der Waals surface area contributed by atoms with Crippen LogP contribution in [0.2, 0.25) is 0 Å². The highest BCUT2D eigenvalue weighted by molar-refractivity contribution is 7.85. The molecule has 0 aromatic rings. The van der Waals surface area contributed by atoms with Gasteiger partial charge in [0.25, 0.3) is 0 Å². The molecule has 11 heavy (non-hydrogen) atoms. The van der Waals surface area contributed by atoms with Crippen LogP contribution in [0.3, 0.4) is 0 Å². The van der Waals surface area contributed by atoms with Crippen molar-refractivity contribution in [3.63, 3.8) is 0 Å². The molecule has 5 nitrogen and oxygen atoms in total. The number of hydrogen-bond acceptors (Lipinski definition) is 4. The van der Waals surface area contributed by atoms with Crippen molar-refractivity contribution in [3.8, 4) is 0 Å². The third-order valence-corrected chi connectivity index (χ3v) is 2.37. The van der Waals surface area contributed by atoms with Gasteiger partial charge in [-0.2, -0.15) is 0 Å². The van der Waals surface area contributed by atoms with Crippen molar-refractivity contribution in [2.24, 2.45) is 5.73 Å². The summed E-state index contributed by atoms with van der Waals surface area (Å²) >= 11 is 0. The van der Waals surface area contributed by atoms with Gasteiger partial charge in [-0.3, -0.25) is 9.00 Å². The van der Waals surface area contributed by atoms with Gasteiger partial charge in [0.15, 0.2) is 0 Å². The van der Waals surface area contributed by atoms with Gasteiger partial charge in [-0.05, 0) is 0 Å². The fourth-order valence-electron chi connectivity index (χ4n) is 0.457. The van der Waals surface area contributed by atoms with E-state index in [0.717, 1.165) is 0 Å². The number of aliphatic hydroxyl groups excluding tert-OH is 1. The first-order valence-corrected chi connectivity index (χ1v) is 4.51. The molecule has 0 fully saturated rings. The molecule has 0 rings (SSSR count). The van der Waals surface area contributed by atoms with Gasteiger partial charge in [-0.1, -0.05) is 0 Å². The van der Waals surface area contributed by atoms with Crippen molar-refractivity contribution in [1.29, 1.82) is 0 Å². The standard InChI is InChI=1S/C5H11NO4S/c6-4(5(8)9)3-11(10)2-1-7/h4,7H,1-3,6H2,(H,8,9). The van der Waals surface area contributed by atoms with Gasteiger partial charge in [-0.25, -0.2) is 0 Å². The van der Waals surface area contributed by atoms with Crippen LogP contribution in [0.15, 0.2) is 0 Å². The van der Waals surface area contributed by atoms with Crippen molar-refractivity contribution in [3.05, 3.63) is 0 Å². The molecule has 66 valence electrons. The second-order valence-corrected chi connectivity index (χ2v) is 3.60. The highest BCUT2D eigenvalue weighted by atomic mass is 32.2. The van der Waals surface area contributed by atoms with Crippen LogP contribution in [-0.2, 0) is 15.6 Å². The molecule has 0 amide bonds. The molecule has 0 bridgehead atoms. The van der Waals surface area contributed by atoms with Crippen LogP contribution in [0.5, 0.6) is 0 Å². The smallest absolute Gasteiger partial charge is 0.321 e. The van der Waals surface area contributed by atoms with Crippen molar-refractivity contribution < 1.29 is 19.2 Å². The summed E-state index contributed by atoms with van der Waals surface area (Å²) in [7, 11) is -1.33. The summed E-state index contributed by atoms with van der Waals surface area (Å²) in [5.41, 5.74) is 5.07. The number of carbonyl (C=O) groups is 1. The molecular formula is C5H11NO4S. The Kier molecular flexibility index (Phi) is 5.01. The summed E-state index contributed by atoms with van der Waals surface area (Å²) in [4.78, 5) is 10.1. The maximum Gasteiger partial charge on any atom is 0.321 e. The largest absolute Gasteiger partial charge is 0.480 e. The first-order chi connectivity index (χ1) is 5.07. The molecule has 0 spiro atoms. The van der Waals surface area contributed by atoms with Gasteiger partial charge in [0.2, 0.25) is 0 Å². The second-order valence-electron chi connectivity index (χ2n) is 1.98. The van der Waals surface area contributed by atoms with E-state index in [1.54, 1.807) is 0 Å². The topological polar surface area (TPSA) is 101 Å². The zero-order valence-electron chi connectivity index (χ0n) is 5.90. The average Bonchev–Trinajstić information content (AvgIpc) is 1.87. The Morgan fingerprint density at radius 3 is 2.55 bits per heavy atom. The first kappa shape index (κ1) is 10.5. The van der Waals surface area contributed by atoms with Crippen LogP contribution in [0, 0.1) is 0 Å². The van der Waals surface area contributed by atoms with E-state index in [1.807, 2.05) is 0 Å². The summed E-state index contributed by atoms with van der Waals surface area (Å²) in [6.07, 6.45) is 0. The number of nitrogens with two attached hydrogens (primary N) is 1. The van der Waals surface area contributed by atoms with Crippen LogP contribution >= 0.6 is 0 Å². The lowest BCUT2D eigenvalue weighted by Crippen LogP contribution is -2.36. The van der Waals surface area contributed by atoms with Gasteiger partial charge in [0, 0.05) is 22.3 Å². The van der Waals surface area contributed by atoms with E-state index in [4.69, 9.17) is 15.9 Å². The SMILES string of the molecule is NC(CS(=O)CCO)C(=O)O. The Hall–Kier alpha value is -0.460. The van der Waals surface area contributed by atoms with Crippen LogP contribution in [0.25, 0.3) is 0 Å². The van der Waals surface area contributed by atoms with Crippen molar-refractivity contribution in [2.75, 3.05) is 18.1 Å². The highest BCUT2D eigenvalue weighted by Crippen LogP contribution is 1.86. The number of carboxylic acids is 1. The van der Waals surface area contributed by atoms with E-state index in [0.29, 0.717) is 0 Å². The molecule has 2 unspecified atom stereocenters. The minimum atomic E-state index is -1.33. The number of aliphatic carboxylic acids is 1. The monoisotopic (exact) mass is 181 g/mol. The molecule has 0 radical (unpaired) electrons. The van der Waals surface area contributed by atoms with Gasteiger partial charge in [0.1, 0.15) is 6.04 Å². The summed E-state index contributed by atoms with van der Waals surface area (Å²) in [6, 6.07) is -1.10. The zero-order valence-corrected chi connectivity index (χ0v) is 6.71. The van der Waals surface area contributed by atoms with Gasteiger partial charge < -0.3 is 15.9 Å². The molecule has 0 saturated heterocycles. The number of rotatable bonds is 5. The van der Waals surface area contributed by atoms with Gasteiger partial charge in [-0.15, -0.1) is 0 Å². The molecule has 6 heteroatoms. The quantitative estimate of drug-likeness (QED) is 0.461. The molecular weight excluding hydrogens is 170 g/mol. The first-order valence-electron chi connectivity index (χ1n) is 3.02. The van der Waals surface area contributed by atoms with Crippen molar-refractivity contribution >= 4 is 16.8 Å². The van der Waals surface area contributed by atoms with E-state index >= 15 is 0 Å². The number of carboxylic acid groups (broad SMARTS) is 1. The molecule has 4 N–H and O–H groups in total. The van der Waals surface area contributed by atoms with Crippen molar-refractivity contribution in [1.82, 2.24) is 0 Å². The van der Waals surface area contributed by atoms with E-state index in [2.05, 4.69) is 0 Å². The van der Waals surface area contributed by atoms with E-state index in [1.165, 1.54) is 0 Å². The Morgan fingerprint density at radius 1 is 1.64 bits per heavy atom. The molecule has 0 aliphatic heterocycles. The fourth-order valence-corrected chi connectivity index (χ4v) is 1.37. The normalized spacial score (nSPS) is 15.8. The maximum atomic E-state index is 10.8. The molecule has 0 aliphatic rings. The predicted octanol–water partition coefficient (Wildman–Crippen LogP) is -1.86. The molecule has 0 aromatic carbocycles. The Balaban J connectivity index is 3.66. The second kappa shape index (κ2) is 5.22. The average molecular weight is 181 g/mol. The summed E-state index contributed by atoms with van der Waals surface area (Å²) in [5.74, 6) is -1.19. The summed E-state index contributed by atoms with van der Waals surface area (Å²) in [6.45, 7) is -0.209. The van der Waals surface area contributed by atoms with E-state index < -0.39 is 22.8 Å². The van der Waals surface area contributed by atoms with E-state index in [9.17, 15) is 9.00 Å². The molecule has 0 heterocycles. The minimum absolute atomic E-state index is 0.0843. The summed E-state index contributed by atoms with van der Waals surface area (Å²) < 4.78 is 10.8. The molecule has 0 aromatic heterocycles. The molecule has 2 atom stereocenters. The fraction of sp³-hybridized carbons (Fsp3) is 0.800. The van der Waals surface area contributed by atoms with E-state index in [-0.39, 0.29) is 18.1 Å². The lowest BCUT2D eigenvalue weighted by Gasteiger charge is -2.03. The Morgan fingerprint density at radius 2 is 2.18 bits per heavy atom.